The lowest BCUT2D eigenvalue weighted by Gasteiger charge is -2.00. The van der Waals surface area contributed by atoms with Crippen molar-refractivity contribution in [2.75, 3.05) is 5.75 Å². The van der Waals surface area contributed by atoms with Gasteiger partial charge in [0, 0.05) is 29.5 Å². The standard InChI is InChI=1S/C13H12N2S/c16-10-4-3-6-11-5-1-2-7-12(11)13-8-9-14-15-13/h1-2,5,7-9,16H,4,10H2,(H,14,15). The van der Waals surface area contributed by atoms with Gasteiger partial charge in [0.25, 0.3) is 0 Å². The van der Waals surface area contributed by atoms with Crippen LogP contribution in [0.15, 0.2) is 36.5 Å². The molecule has 0 fully saturated rings. The predicted molar refractivity (Wildman–Crippen MR) is 69.4 cm³/mol. The van der Waals surface area contributed by atoms with Crippen molar-refractivity contribution in [1.82, 2.24) is 10.2 Å². The van der Waals surface area contributed by atoms with Gasteiger partial charge in [0.15, 0.2) is 0 Å². The lowest BCUT2D eigenvalue weighted by molar-refractivity contribution is 1.09. The van der Waals surface area contributed by atoms with E-state index in [2.05, 4.69) is 34.7 Å². The summed E-state index contributed by atoms with van der Waals surface area (Å²) in [6.07, 6.45) is 2.55. The average Bonchev–Trinajstić information content (AvgIpc) is 2.83. The minimum Gasteiger partial charge on any atom is -0.278 e. The van der Waals surface area contributed by atoms with Crippen LogP contribution >= 0.6 is 12.6 Å². The lowest BCUT2D eigenvalue weighted by Crippen LogP contribution is -1.84. The number of thiol groups is 1. The molecule has 0 bridgehead atoms. The van der Waals surface area contributed by atoms with E-state index >= 15 is 0 Å². The Morgan fingerprint density at radius 1 is 1.25 bits per heavy atom. The van der Waals surface area contributed by atoms with Crippen LogP contribution in [0.3, 0.4) is 0 Å². The first-order valence-corrected chi connectivity index (χ1v) is 5.73. The van der Waals surface area contributed by atoms with Crippen LogP contribution in [0.1, 0.15) is 12.0 Å². The second-order valence-electron chi connectivity index (χ2n) is 3.29. The van der Waals surface area contributed by atoms with E-state index in [1.165, 1.54) is 0 Å². The summed E-state index contributed by atoms with van der Waals surface area (Å²) in [5.74, 6) is 7.04. The van der Waals surface area contributed by atoms with Crippen molar-refractivity contribution in [3.63, 3.8) is 0 Å². The number of aromatic nitrogens is 2. The van der Waals surface area contributed by atoms with Gasteiger partial charge in [-0.1, -0.05) is 30.0 Å². The Morgan fingerprint density at radius 2 is 2.12 bits per heavy atom. The summed E-state index contributed by atoms with van der Waals surface area (Å²) in [4.78, 5) is 0. The fraction of sp³-hybridized carbons (Fsp3) is 0.154. The van der Waals surface area contributed by atoms with Gasteiger partial charge >= 0.3 is 0 Å². The molecule has 1 aromatic carbocycles. The van der Waals surface area contributed by atoms with Crippen LogP contribution in [0, 0.1) is 11.8 Å². The molecule has 0 spiro atoms. The number of benzene rings is 1. The molecule has 0 atom stereocenters. The van der Waals surface area contributed by atoms with Crippen LogP contribution in [0.5, 0.6) is 0 Å². The smallest absolute Gasteiger partial charge is 0.0662 e. The third-order valence-corrected chi connectivity index (χ3v) is 2.40. The summed E-state index contributed by atoms with van der Waals surface area (Å²) < 4.78 is 0. The molecule has 2 nitrogen and oxygen atoms in total. The van der Waals surface area contributed by atoms with E-state index in [4.69, 9.17) is 0 Å². The van der Waals surface area contributed by atoms with Gasteiger partial charge in [-0.05, 0) is 12.1 Å². The molecule has 1 N–H and O–H groups in total. The van der Waals surface area contributed by atoms with Crippen molar-refractivity contribution in [2.24, 2.45) is 0 Å². The zero-order valence-electron chi connectivity index (χ0n) is 8.77. The Hall–Kier alpha value is -1.66. The number of nitrogens with one attached hydrogen (secondary N) is 1. The van der Waals surface area contributed by atoms with E-state index in [1.54, 1.807) is 6.20 Å². The molecule has 0 radical (unpaired) electrons. The molecule has 80 valence electrons. The van der Waals surface area contributed by atoms with Crippen LogP contribution < -0.4 is 0 Å². The Balaban J connectivity index is 2.36. The topological polar surface area (TPSA) is 28.7 Å². The van der Waals surface area contributed by atoms with Gasteiger partial charge in [-0.25, -0.2) is 0 Å². The Bertz CT molecular complexity index is 506. The predicted octanol–water partition coefficient (Wildman–Crippen LogP) is 2.75. The molecule has 0 aliphatic heterocycles. The molecule has 0 amide bonds. The van der Waals surface area contributed by atoms with E-state index in [0.717, 1.165) is 29.0 Å². The summed E-state index contributed by atoms with van der Waals surface area (Å²) in [5.41, 5.74) is 3.11. The van der Waals surface area contributed by atoms with E-state index in [1.807, 2.05) is 30.3 Å². The fourth-order valence-corrected chi connectivity index (χ4v) is 1.56. The van der Waals surface area contributed by atoms with Crippen LogP contribution in [0.25, 0.3) is 11.3 Å². The first kappa shape index (κ1) is 10.8. The quantitative estimate of drug-likeness (QED) is 0.600. The number of H-pyrrole nitrogens is 1. The summed E-state index contributed by atoms with van der Waals surface area (Å²) in [6.45, 7) is 0. The van der Waals surface area contributed by atoms with E-state index in [0.29, 0.717) is 0 Å². The van der Waals surface area contributed by atoms with Crippen molar-refractivity contribution < 1.29 is 0 Å². The highest BCUT2D eigenvalue weighted by Crippen LogP contribution is 2.20. The molecule has 0 aliphatic rings. The average molecular weight is 228 g/mol. The van der Waals surface area contributed by atoms with Gasteiger partial charge in [-0.3, -0.25) is 5.10 Å². The molecule has 2 aromatic rings. The molecule has 3 heteroatoms. The molecule has 0 saturated heterocycles. The first-order chi connectivity index (χ1) is 7.92. The summed E-state index contributed by atoms with van der Waals surface area (Å²) >= 11 is 4.13. The number of nitrogens with zero attached hydrogens (tertiary/aromatic N) is 1. The monoisotopic (exact) mass is 228 g/mol. The maximum absolute atomic E-state index is 4.13. The number of aromatic amines is 1. The van der Waals surface area contributed by atoms with Crippen LogP contribution in [-0.2, 0) is 0 Å². The maximum atomic E-state index is 4.13. The molecule has 1 heterocycles. The zero-order chi connectivity index (χ0) is 11.2. The highest BCUT2D eigenvalue weighted by atomic mass is 32.1. The molecule has 2 rings (SSSR count). The van der Waals surface area contributed by atoms with E-state index in [-0.39, 0.29) is 0 Å². The lowest BCUT2D eigenvalue weighted by atomic mass is 10.1. The SMILES string of the molecule is SCCC#Cc1ccccc1-c1ccn[nH]1. The van der Waals surface area contributed by atoms with Gasteiger partial charge in [-0.2, -0.15) is 17.7 Å². The minimum absolute atomic E-state index is 0.791. The molecule has 16 heavy (non-hydrogen) atoms. The molecule has 0 saturated carbocycles. The van der Waals surface area contributed by atoms with E-state index in [9.17, 15) is 0 Å². The van der Waals surface area contributed by atoms with Crippen molar-refractivity contribution >= 4 is 12.6 Å². The van der Waals surface area contributed by atoms with Crippen molar-refractivity contribution in [2.45, 2.75) is 6.42 Å². The summed E-state index contributed by atoms with van der Waals surface area (Å²) in [5, 5.41) is 6.90. The van der Waals surface area contributed by atoms with Crippen molar-refractivity contribution in [3.8, 4) is 23.1 Å². The Labute approximate surface area is 100 Å². The maximum Gasteiger partial charge on any atom is 0.0662 e. The van der Waals surface area contributed by atoms with Crippen LogP contribution in [0.2, 0.25) is 0 Å². The zero-order valence-corrected chi connectivity index (χ0v) is 9.67. The largest absolute Gasteiger partial charge is 0.278 e. The molecule has 1 aromatic heterocycles. The van der Waals surface area contributed by atoms with Crippen LogP contribution in [0.4, 0.5) is 0 Å². The third-order valence-electron chi connectivity index (χ3n) is 2.18. The fourth-order valence-electron chi connectivity index (χ4n) is 1.45. The Kier molecular flexibility index (Phi) is 3.68. The van der Waals surface area contributed by atoms with Gasteiger partial charge < -0.3 is 0 Å². The molecule has 0 aliphatic carbocycles. The Morgan fingerprint density at radius 3 is 2.88 bits per heavy atom. The van der Waals surface area contributed by atoms with Gasteiger partial charge in [0.2, 0.25) is 0 Å². The van der Waals surface area contributed by atoms with Gasteiger partial charge in [0.05, 0.1) is 5.69 Å². The molecule has 0 unspecified atom stereocenters. The normalized spacial score (nSPS) is 9.56. The number of hydrogen-bond donors (Lipinski definition) is 2. The van der Waals surface area contributed by atoms with Gasteiger partial charge in [-0.15, -0.1) is 0 Å². The third kappa shape index (κ3) is 2.47. The van der Waals surface area contributed by atoms with E-state index < -0.39 is 0 Å². The highest BCUT2D eigenvalue weighted by Gasteiger charge is 2.02. The van der Waals surface area contributed by atoms with Crippen molar-refractivity contribution in [1.29, 1.82) is 0 Å². The second-order valence-corrected chi connectivity index (χ2v) is 3.74. The summed E-state index contributed by atoms with van der Waals surface area (Å²) in [6, 6.07) is 9.99. The first-order valence-electron chi connectivity index (χ1n) is 5.10. The van der Waals surface area contributed by atoms with Crippen molar-refractivity contribution in [3.05, 3.63) is 42.1 Å². The van der Waals surface area contributed by atoms with Crippen LogP contribution in [-0.4, -0.2) is 16.0 Å². The minimum atomic E-state index is 0.791. The highest BCUT2D eigenvalue weighted by molar-refractivity contribution is 7.80. The molecular formula is C13H12N2S. The second kappa shape index (κ2) is 5.43. The number of hydrogen-bond acceptors (Lipinski definition) is 2. The number of rotatable bonds is 2. The van der Waals surface area contributed by atoms with Gasteiger partial charge in [0.1, 0.15) is 0 Å². The molecular weight excluding hydrogens is 216 g/mol. The summed E-state index contributed by atoms with van der Waals surface area (Å²) in [7, 11) is 0.